The minimum Gasteiger partial charge on any atom is -0.484 e. The third-order valence-electron chi connectivity index (χ3n) is 1.84. The Labute approximate surface area is 80.8 Å². The first-order valence-corrected chi connectivity index (χ1v) is 4.38. The summed E-state index contributed by atoms with van der Waals surface area (Å²) in [6.45, 7) is 0.291. The highest BCUT2D eigenvalue weighted by atomic mass is 35.5. The maximum Gasteiger partial charge on any atom is 0.179 e. The molecule has 0 saturated heterocycles. The van der Waals surface area contributed by atoms with E-state index in [-0.39, 0.29) is 12.7 Å². The highest BCUT2D eigenvalue weighted by molar-refractivity contribution is 6.32. The Morgan fingerprint density at radius 3 is 3.15 bits per heavy atom. The van der Waals surface area contributed by atoms with Gasteiger partial charge in [-0.2, -0.15) is 0 Å². The van der Waals surface area contributed by atoms with Gasteiger partial charge in [-0.05, 0) is 12.1 Å². The Kier molecular flexibility index (Phi) is 2.29. The molecule has 0 aromatic heterocycles. The molecule has 1 aromatic carbocycles. The van der Waals surface area contributed by atoms with Crippen molar-refractivity contribution in [3.8, 4) is 11.5 Å². The number of fused-ring (bicyclic) bond motifs is 1. The molecule has 70 valence electrons. The van der Waals surface area contributed by atoms with E-state index in [1.165, 1.54) is 0 Å². The zero-order chi connectivity index (χ0) is 9.26. The van der Waals surface area contributed by atoms with Crippen LogP contribution in [0.4, 0.5) is 0 Å². The number of ether oxygens (including phenoxy) is 2. The lowest BCUT2D eigenvalue weighted by Crippen LogP contribution is -2.32. The molecule has 1 aromatic rings. The van der Waals surface area contributed by atoms with E-state index in [0.717, 1.165) is 0 Å². The molecule has 1 aliphatic rings. The van der Waals surface area contributed by atoms with Crippen molar-refractivity contribution in [2.24, 2.45) is 0 Å². The lowest BCUT2D eigenvalue weighted by atomic mass is 10.2. The molecule has 0 spiro atoms. The molecular formula is C9H9ClO3. The topological polar surface area (TPSA) is 38.7 Å². The van der Waals surface area contributed by atoms with Gasteiger partial charge in [-0.15, -0.1) is 0 Å². The summed E-state index contributed by atoms with van der Waals surface area (Å²) >= 11 is 5.87. The highest BCUT2D eigenvalue weighted by Crippen LogP contribution is 2.37. The number of rotatable bonds is 1. The van der Waals surface area contributed by atoms with Gasteiger partial charge in [0.15, 0.2) is 17.6 Å². The van der Waals surface area contributed by atoms with Crippen molar-refractivity contribution < 1.29 is 14.6 Å². The molecule has 13 heavy (non-hydrogen) atoms. The van der Waals surface area contributed by atoms with Crippen LogP contribution < -0.4 is 9.47 Å². The van der Waals surface area contributed by atoms with Crippen molar-refractivity contribution >= 4 is 11.6 Å². The number of aliphatic hydroxyl groups is 1. The number of hydrogen-bond donors (Lipinski definition) is 1. The molecule has 0 saturated carbocycles. The molecule has 1 atom stereocenters. The van der Waals surface area contributed by atoms with Crippen LogP contribution in [0.1, 0.15) is 0 Å². The first-order valence-electron chi connectivity index (χ1n) is 4.00. The summed E-state index contributed by atoms with van der Waals surface area (Å²) in [6, 6.07) is 5.29. The van der Waals surface area contributed by atoms with Crippen LogP contribution in [-0.2, 0) is 0 Å². The zero-order valence-electron chi connectivity index (χ0n) is 6.87. The minimum atomic E-state index is -0.286. The fourth-order valence-corrected chi connectivity index (χ4v) is 1.42. The number of aliphatic hydroxyl groups excluding tert-OH is 1. The molecule has 0 aliphatic carbocycles. The molecular weight excluding hydrogens is 192 g/mol. The normalized spacial score (nSPS) is 20.0. The van der Waals surface area contributed by atoms with Gasteiger partial charge in [-0.3, -0.25) is 0 Å². The lowest BCUT2D eigenvalue weighted by Gasteiger charge is -2.25. The van der Waals surface area contributed by atoms with Gasteiger partial charge in [0, 0.05) is 0 Å². The summed E-state index contributed by atoms with van der Waals surface area (Å²) in [4.78, 5) is 0. The summed E-state index contributed by atoms with van der Waals surface area (Å²) < 4.78 is 10.7. The molecule has 0 radical (unpaired) electrons. The first-order chi connectivity index (χ1) is 6.31. The molecule has 1 unspecified atom stereocenters. The van der Waals surface area contributed by atoms with Crippen molar-refractivity contribution in [3.63, 3.8) is 0 Å². The van der Waals surface area contributed by atoms with E-state index < -0.39 is 0 Å². The summed E-state index contributed by atoms with van der Waals surface area (Å²) in [5, 5.41) is 9.38. The minimum absolute atomic E-state index is 0.0496. The van der Waals surface area contributed by atoms with Gasteiger partial charge in [0.25, 0.3) is 0 Å². The number of hydrogen-bond acceptors (Lipinski definition) is 3. The van der Waals surface area contributed by atoms with Crippen LogP contribution in [0.15, 0.2) is 18.2 Å². The van der Waals surface area contributed by atoms with Crippen LogP contribution >= 0.6 is 11.6 Å². The smallest absolute Gasteiger partial charge is 0.179 e. The average Bonchev–Trinajstić information content (AvgIpc) is 2.18. The van der Waals surface area contributed by atoms with E-state index >= 15 is 0 Å². The fraction of sp³-hybridized carbons (Fsp3) is 0.333. The van der Waals surface area contributed by atoms with E-state index in [1.807, 2.05) is 0 Å². The molecule has 2 rings (SSSR count). The van der Waals surface area contributed by atoms with Gasteiger partial charge >= 0.3 is 0 Å². The second-order valence-electron chi connectivity index (χ2n) is 2.80. The molecule has 0 fully saturated rings. The van der Waals surface area contributed by atoms with Crippen LogP contribution in [0.3, 0.4) is 0 Å². The Hall–Kier alpha value is -0.930. The molecule has 1 heterocycles. The summed E-state index contributed by atoms with van der Waals surface area (Å²) in [5.74, 6) is 1.16. The third-order valence-corrected chi connectivity index (χ3v) is 2.14. The summed E-state index contributed by atoms with van der Waals surface area (Å²) in [5.41, 5.74) is 0. The molecule has 0 bridgehead atoms. The summed E-state index contributed by atoms with van der Waals surface area (Å²) in [6.07, 6.45) is -0.286. The van der Waals surface area contributed by atoms with Crippen LogP contribution in [0.5, 0.6) is 11.5 Å². The van der Waals surface area contributed by atoms with Crippen molar-refractivity contribution in [1.29, 1.82) is 0 Å². The van der Waals surface area contributed by atoms with Crippen LogP contribution in [-0.4, -0.2) is 24.4 Å². The number of para-hydroxylation sites is 1. The van der Waals surface area contributed by atoms with E-state index in [1.54, 1.807) is 18.2 Å². The van der Waals surface area contributed by atoms with Gasteiger partial charge in [-0.1, -0.05) is 17.7 Å². The van der Waals surface area contributed by atoms with E-state index in [2.05, 4.69) is 0 Å². The van der Waals surface area contributed by atoms with E-state index in [4.69, 9.17) is 26.2 Å². The summed E-state index contributed by atoms with van der Waals surface area (Å²) in [7, 11) is 0. The molecule has 4 heteroatoms. The number of halogens is 1. The maximum atomic E-state index is 8.85. The Morgan fingerprint density at radius 2 is 2.38 bits per heavy atom. The fourth-order valence-electron chi connectivity index (χ4n) is 1.20. The van der Waals surface area contributed by atoms with Crippen LogP contribution in [0.25, 0.3) is 0 Å². The second-order valence-corrected chi connectivity index (χ2v) is 3.21. The average molecular weight is 201 g/mol. The number of benzene rings is 1. The van der Waals surface area contributed by atoms with Crippen LogP contribution in [0.2, 0.25) is 5.02 Å². The third kappa shape index (κ3) is 1.57. The van der Waals surface area contributed by atoms with Gasteiger partial charge in [0.2, 0.25) is 0 Å². The Bertz CT molecular complexity index is 314. The van der Waals surface area contributed by atoms with Crippen molar-refractivity contribution in [3.05, 3.63) is 23.2 Å². The van der Waals surface area contributed by atoms with Crippen molar-refractivity contribution in [2.75, 3.05) is 13.2 Å². The molecule has 1 aliphatic heterocycles. The van der Waals surface area contributed by atoms with Gasteiger partial charge in [0.1, 0.15) is 6.61 Å². The SMILES string of the molecule is OCC1COc2c(Cl)cccc2O1. The van der Waals surface area contributed by atoms with E-state index in [0.29, 0.717) is 23.1 Å². The predicted octanol–water partition coefficient (Wildman–Crippen LogP) is 1.47. The lowest BCUT2D eigenvalue weighted by molar-refractivity contribution is 0.0457. The molecule has 3 nitrogen and oxygen atoms in total. The molecule has 0 amide bonds. The Morgan fingerprint density at radius 1 is 1.54 bits per heavy atom. The Balaban J connectivity index is 2.31. The largest absolute Gasteiger partial charge is 0.484 e. The van der Waals surface area contributed by atoms with Crippen molar-refractivity contribution in [1.82, 2.24) is 0 Å². The maximum absolute atomic E-state index is 8.85. The van der Waals surface area contributed by atoms with E-state index in [9.17, 15) is 0 Å². The van der Waals surface area contributed by atoms with Crippen LogP contribution in [0, 0.1) is 0 Å². The van der Waals surface area contributed by atoms with Gasteiger partial charge in [-0.25, -0.2) is 0 Å². The van der Waals surface area contributed by atoms with Crippen molar-refractivity contribution in [2.45, 2.75) is 6.10 Å². The molecule has 1 N–H and O–H groups in total. The predicted molar refractivity (Wildman–Crippen MR) is 48.4 cm³/mol. The quantitative estimate of drug-likeness (QED) is 0.746. The zero-order valence-corrected chi connectivity index (χ0v) is 7.62. The van der Waals surface area contributed by atoms with Gasteiger partial charge in [0.05, 0.1) is 11.6 Å². The monoisotopic (exact) mass is 200 g/mol. The first kappa shape index (κ1) is 8.66. The second kappa shape index (κ2) is 3.44. The highest BCUT2D eigenvalue weighted by Gasteiger charge is 2.21. The standard InChI is InChI=1S/C9H9ClO3/c10-7-2-1-3-8-9(7)12-5-6(4-11)13-8/h1-3,6,11H,4-5H2. The van der Waals surface area contributed by atoms with Gasteiger partial charge < -0.3 is 14.6 Å².